The average Bonchev–Trinajstić information content (AvgIpc) is 2.92. The van der Waals surface area contributed by atoms with E-state index in [0.29, 0.717) is 11.8 Å². The highest BCUT2D eigenvalue weighted by atomic mass is 19.1. The third-order valence-corrected chi connectivity index (χ3v) is 7.63. The molecule has 1 heterocycles. The minimum Gasteiger partial charge on any atom is -0.496 e. The Morgan fingerprint density at radius 2 is 1.54 bits per heavy atom. The van der Waals surface area contributed by atoms with Crippen molar-refractivity contribution in [1.29, 1.82) is 5.26 Å². The predicted molar refractivity (Wildman–Crippen MR) is 148 cm³/mol. The van der Waals surface area contributed by atoms with E-state index in [4.69, 9.17) is 4.74 Å². The number of hydrogen-bond acceptors (Lipinski definition) is 3. The highest BCUT2D eigenvalue weighted by Gasteiger charge is 2.23. The number of aryl methyl sites for hydroxylation is 1. The van der Waals surface area contributed by atoms with Gasteiger partial charge < -0.3 is 4.74 Å². The lowest BCUT2D eigenvalue weighted by atomic mass is 9.42. The second kappa shape index (κ2) is 10.1. The molecule has 1 aliphatic heterocycles. The second-order valence-electron chi connectivity index (χ2n) is 9.70. The Morgan fingerprint density at radius 1 is 0.892 bits per heavy atom. The van der Waals surface area contributed by atoms with Gasteiger partial charge in [-0.05, 0) is 88.8 Å². The lowest BCUT2D eigenvalue weighted by molar-refractivity contribution is 0.111. The number of nitrogens with zero attached hydrogens (tertiary/aromatic N) is 1. The predicted octanol–water partition coefficient (Wildman–Crippen LogP) is 7.46. The molecule has 0 radical (unpaired) electrons. The van der Waals surface area contributed by atoms with Crippen LogP contribution in [0.5, 0.6) is 5.75 Å². The number of hydrogen-bond donors (Lipinski definition) is 0. The summed E-state index contributed by atoms with van der Waals surface area (Å²) < 4.78 is 20.0. The van der Waals surface area contributed by atoms with Gasteiger partial charge in [-0.1, -0.05) is 66.5 Å². The van der Waals surface area contributed by atoms with E-state index >= 15 is 0 Å². The summed E-state index contributed by atoms with van der Waals surface area (Å²) in [5.74, 6) is 2.05. The quantitative estimate of drug-likeness (QED) is 0.217. The van der Waals surface area contributed by atoms with Gasteiger partial charge in [0.25, 0.3) is 6.71 Å². The molecule has 0 fully saturated rings. The van der Waals surface area contributed by atoms with Crippen molar-refractivity contribution in [3.63, 3.8) is 0 Å². The molecule has 1 aliphatic rings. The van der Waals surface area contributed by atoms with Crippen LogP contribution in [0.25, 0.3) is 33.4 Å². The van der Waals surface area contributed by atoms with E-state index in [-0.39, 0.29) is 18.0 Å². The summed E-state index contributed by atoms with van der Waals surface area (Å²) in [6.45, 7) is 4.30. The number of aldehydes is 1. The zero-order valence-corrected chi connectivity index (χ0v) is 21.3. The number of rotatable bonds is 5. The Hall–Kier alpha value is -4.17. The fraction of sp³-hybridized carbons (Fsp3) is 0.188. The minimum atomic E-state index is -0.596. The van der Waals surface area contributed by atoms with Gasteiger partial charge in [0.05, 0.1) is 12.7 Å². The monoisotopic (exact) mass is 487 g/mol. The van der Waals surface area contributed by atoms with Crippen LogP contribution >= 0.6 is 0 Å². The molecule has 0 aromatic heterocycles. The van der Waals surface area contributed by atoms with Gasteiger partial charge in [-0.3, -0.25) is 4.79 Å². The molecule has 0 saturated carbocycles. The van der Waals surface area contributed by atoms with Crippen LogP contribution in [0.2, 0.25) is 6.32 Å². The molecule has 0 unspecified atom stereocenters. The topological polar surface area (TPSA) is 50.1 Å². The molecule has 4 aromatic rings. The zero-order valence-electron chi connectivity index (χ0n) is 21.3. The molecule has 0 aliphatic carbocycles. The molecule has 182 valence electrons. The number of fused-ring (bicyclic) bond motifs is 1. The van der Waals surface area contributed by atoms with E-state index in [1.807, 2.05) is 19.1 Å². The summed E-state index contributed by atoms with van der Waals surface area (Å²) in [6.07, 6.45) is 3.16. The minimum absolute atomic E-state index is 0.0724. The lowest BCUT2D eigenvalue weighted by Gasteiger charge is -2.20. The maximum Gasteiger partial charge on any atom is 0.272 e. The molecule has 0 atom stereocenters. The largest absolute Gasteiger partial charge is 0.496 e. The van der Waals surface area contributed by atoms with Gasteiger partial charge >= 0.3 is 0 Å². The molecule has 0 amide bonds. The maximum absolute atomic E-state index is 14.7. The molecular formula is C32H27BFNO2. The molecule has 0 saturated heterocycles. The third-order valence-electron chi connectivity index (χ3n) is 7.63. The van der Waals surface area contributed by atoms with Gasteiger partial charge in [0.15, 0.2) is 6.29 Å². The normalized spacial score (nSPS) is 12.6. The van der Waals surface area contributed by atoms with Gasteiger partial charge in [0.2, 0.25) is 0 Å². The van der Waals surface area contributed by atoms with Crippen LogP contribution in [0.4, 0.5) is 4.39 Å². The summed E-state index contributed by atoms with van der Waals surface area (Å²) in [6, 6.07) is 22.1. The van der Waals surface area contributed by atoms with Crippen molar-refractivity contribution in [2.75, 3.05) is 7.11 Å². The SMILES string of the molecule is COc1cc(-c2cccc(-c3cccc(-c4ccc5c(c4)CCB(C#N)C5)c3C)c2C)cc(F)c1C=O. The molecule has 0 bridgehead atoms. The number of carbonyl (C=O) groups is 1. The van der Waals surface area contributed by atoms with E-state index in [9.17, 15) is 14.4 Å². The Balaban J connectivity index is 1.57. The maximum atomic E-state index is 14.7. The molecule has 4 aromatic carbocycles. The Bertz CT molecular complexity index is 1570. The Morgan fingerprint density at radius 3 is 2.16 bits per heavy atom. The van der Waals surface area contributed by atoms with Gasteiger partial charge in [-0.25, -0.2) is 9.65 Å². The van der Waals surface area contributed by atoms with Crippen molar-refractivity contribution >= 4 is 13.0 Å². The Kier molecular flexibility index (Phi) is 6.67. The summed E-state index contributed by atoms with van der Waals surface area (Å²) >= 11 is 0. The molecule has 5 heteroatoms. The summed E-state index contributed by atoms with van der Waals surface area (Å²) in [5, 5.41) is 9.31. The van der Waals surface area contributed by atoms with Gasteiger partial charge in [-0.2, -0.15) is 0 Å². The molecule has 0 spiro atoms. The van der Waals surface area contributed by atoms with Crippen molar-refractivity contribution in [2.45, 2.75) is 32.9 Å². The summed E-state index contributed by atoms with van der Waals surface area (Å²) in [7, 11) is 1.44. The van der Waals surface area contributed by atoms with Crippen LogP contribution in [0.15, 0.2) is 66.7 Å². The van der Waals surface area contributed by atoms with Crippen LogP contribution in [0.3, 0.4) is 0 Å². The van der Waals surface area contributed by atoms with Crippen LogP contribution in [0, 0.1) is 30.9 Å². The zero-order chi connectivity index (χ0) is 26.1. The van der Waals surface area contributed by atoms with E-state index in [0.717, 1.165) is 41.3 Å². The van der Waals surface area contributed by atoms with Crippen LogP contribution < -0.4 is 4.74 Å². The first-order valence-corrected chi connectivity index (χ1v) is 12.5. The fourth-order valence-electron chi connectivity index (χ4n) is 5.54. The van der Waals surface area contributed by atoms with Crippen molar-refractivity contribution in [3.8, 4) is 45.1 Å². The van der Waals surface area contributed by atoms with Crippen molar-refractivity contribution in [2.24, 2.45) is 0 Å². The van der Waals surface area contributed by atoms with E-state index in [1.165, 1.54) is 41.0 Å². The standard InChI is InChI=1S/C32H27BFNO2/c1-20-26(23-10-11-24-17-33(19-35)13-12-22(24)14-23)6-4-8-28(20)29-9-5-7-27(21(29)2)25-15-31(34)30(18-36)32(16-25)37-3/h4-11,14-16,18H,12-13,17H2,1-3H3. The Labute approximate surface area is 217 Å². The second-order valence-corrected chi connectivity index (χ2v) is 9.70. The van der Waals surface area contributed by atoms with Crippen LogP contribution in [0.1, 0.15) is 32.6 Å². The number of halogens is 1. The van der Waals surface area contributed by atoms with E-state index in [1.54, 1.807) is 6.07 Å². The molecule has 5 rings (SSSR count). The molecule has 0 N–H and O–H groups in total. The number of benzene rings is 4. The fourth-order valence-corrected chi connectivity index (χ4v) is 5.54. The van der Waals surface area contributed by atoms with Crippen LogP contribution in [-0.2, 0) is 12.7 Å². The smallest absolute Gasteiger partial charge is 0.272 e. The summed E-state index contributed by atoms with van der Waals surface area (Å²) in [4.78, 5) is 11.3. The molecule has 37 heavy (non-hydrogen) atoms. The molecular weight excluding hydrogens is 460 g/mol. The van der Waals surface area contributed by atoms with Crippen molar-refractivity contribution in [3.05, 3.63) is 100 Å². The lowest BCUT2D eigenvalue weighted by Crippen LogP contribution is -2.21. The number of methoxy groups -OCH3 is 1. The van der Waals surface area contributed by atoms with Crippen molar-refractivity contribution in [1.82, 2.24) is 0 Å². The van der Waals surface area contributed by atoms with Gasteiger partial charge in [-0.15, -0.1) is 0 Å². The van der Waals surface area contributed by atoms with Crippen LogP contribution in [-0.4, -0.2) is 20.1 Å². The number of nitriles is 1. The highest BCUT2D eigenvalue weighted by Crippen LogP contribution is 2.39. The first-order chi connectivity index (χ1) is 17.9. The third kappa shape index (κ3) is 4.45. The van der Waals surface area contributed by atoms with Gasteiger partial charge in [0.1, 0.15) is 11.6 Å². The molecule has 3 nitrogen and oxygen atoms in total. The average molecular weight is 487 g/mol. The van der Waals surface area contributed by atoms with E-state index in [2.05, 4.69) is 55.4 Å². The van der Waals surface area contributed by atoms with Crippen molar-refractivity contribution < 1.29 is 13.9 Å². The first kappa shape index (κ1) is 24.5. The van der Waals surface area contributed by atoms with E-state index < -0.39 is 5.82 Å². The number of carbonyl (C=O) groups excluding carboxylic acids is 1. The van der Waals surface area contributed by atoms with Gasteiger partial charge in [0, 0.05) is 5.97 Å². The first-order valence-electron chi connectivity index (χ1n) is 12.5. The summed E-state index contributed by atoms with van der Waals surface area (Å²) in [5.41, 5.74) is 10.8. The highest BCUT2D eigenvalue weighted by molar-refractivity contribution is 6.66. The number of ether oxygens (including phenoxy) is 1.